The van der Waals surface area contributed by atoms with Crippen LogP contribution in [-0.2, 0) is 19.0 Å². The van der Waals surface area contributed by atoms with Crippen LogP contribution < -0.4 is 9.64 Å². The van der Waals surface area contributed by atoms with Gasteiger partial charge in [0.25, 0.3) is 0 Å². The summed E-state index contributed by atoms with van der Waals surface area (Å²) in [4.78, 5) is 55.6. The van der Waals surface area contributed by atoms with Gasteiger partial charge >= 0.3 is 18.2 Å². The van der Waals surface area contributed by atoms with Crippen LogP contribution in [-0.4, -0.2) is 54.3 Å². The van der Waals surface area contributed by atoms with E-state index in [0.717, 1.165) is 7.11 Å². The van der Waals surface area contributed by atoms with E-state index in [0.29, 0.717) is 4.90 Å². The van der Waals surface area contributed by atoms with E-state index in [9.17, 15) is 19.2 Å². The van der Waals surface area contributed by atoms with E-state index in [1.807, 2.05) is 0 Å². The van der Waals surface area contributed by atoms with E-state index >= 15 is 0 Å². The summed E-state index contributed by atoms with van der Waals surface area (Å²) in [5, 5.41) is 0. The Kier molecular flexibility index (Phi) is 8.01. The minimum Gasteiger partial charge on any atom is -0.493 e. The highest BCUT2D eigenvalue weighted by atomic mass is 16.6. The van der Waals surface area contributed by atoms with Crippen molar-refractivity contribution in [2.45, 2.75) is 66.6 Å². The average Bonchev–Trinajstić information content (AvgIpc) is 2.63. The zero-order valence-corrected chi connectivity index (χ0v) is 20.3. The van der Waals surface area contributed by atoms with Crippen LogP contribution in [0.2, 0.25) is 0 Å². The molecule has 0 aromatic carbocycles. The molecule has 10 nitrogen and oxygen atoms in total. The van der Waals surface area contributed by atoms with Crippen molar-refractivity contribution in [3.8, 4) is 5.75 Å². The number of carbonyl (C=O) groups is 4. The highest BCUT2D eigenvalue weighted by molar-refractivity contribution is 6.13. The summed E-state index contributed by atoms with van der Waals surface area (Å²) in [6.45, 7) is 12.5. The molecule has 0 saturated heterocycles. The van der Waals surface area contributed by atoms with E-state index in [2.05, 4.69) is 4.98 Å². The largest absolute Gasteiger partial charge is 0.493 e. The number of hydrogen-bond acceptors (Lipinski definition) is 9. The molecule has 1 aromatic heterocycles. The van der Waals surface area contributed by atoms with Gasteiger partial charge < -0.3 is 18.9 Å². The smallest absolute Gasteiger partial charge is 0.425 e. The third-order valence-corrected chi connectivity index (χ3v) is 3.92. The molecule has 0 aliphatic carbocycles. The number of methoxy groups -OCH3 is 2. The molecule has 0 spiro atoms. The zero-order valence-electron chi connectivity index (χ0n) is 20.3. The van der Waals surface area contributed by atoms with E-state index in [4.69, 9.17) is 18.9 Å². The lowest BCUT2D eigenvalue weighted by atomic mass is 9.86. The number of carbonyl (C=O) groups excluding carboxylic acids is 4. The number of amides is 2. The Labute approximate surface area is 188 Å². The Bertz CT molecular complexity index is 866. The summed E-state index contributed by atoms with van der Waals surface area (Å²) in [5.74, 6) is -1.75. The summed E-state index contributed by atoms with van der Waals surface area (Å²) in [6, 6.07) is 2.67. The number of pyridine rings is 1. The molecule has 0 atom stereocenters. The maximum atomic E-state index is 13.0. The quantitative estimate of drug-likeness (QED) is 0.281. The molecule has 0 N–H and O–H groups in total. The van der Waals surface area contributed by atoms with Crippen LogP contribution in [0.4, 0.5) is 15.4 Å². The fraction of sp³-hybridized carbons (Fsp3) is 0.591. The van der Waals surface area contributed by atoms with E-state index < -0.39 is 40.6 Å². The number of ether oxygens (including phenoxy) is 4. The normalized spacial score (nSPS) is 11.9. The Balaban J connectivity index is 3.65. The summed E-state index contributed by atoms with van der Waals surface area (Å²) in [7, 11) is 2.47. The van der Waals surface area contributed by atoms with Crippen LogP contribution in [0.5, 0.6) is 5.75 Å². The molecule has 1 rings (SSSR count). The van der Waals surface area contributed by atoms with Crippen molar-refractivity contribution < 1.29 is 38.1 Å². The van der Waals surface area contributed by atoms with Crippen molar-refractivity contribution in [2.24, 2.45) is 5.41 Å². The number of nitrogens with zero attached hydrogens (tertiary/aromatic N) is 2. The molecule has 0 aliphatic heterocycles. The lowest BCUT2D eigenvalue weighted by Gasteiger charge is -2.29. The van der Waals surface area contributed by atoms with Crippen molar-refractivity contribution in [3.05, 3.63) is 17.8 Å². The van der Waals surface area contributed by atoms with Gasteiger partial charge in [0.05, 0.1) is 14.2 Å². The lowest BCUT2D eigenvalue weighted by Crippen LogP contribution is -2.44. The molecule has 2 amide bonds. The SMILES string of the molecule is COC(=O)C(C)(C)C(=O)c1ccc(OC)c(N(C(=O)OC(C)(C)C)C(=O)OC(C)(C)C)n1. The second kappa shape index (κ2) is 9.54. The second-order valence-electron chi connectivity index (χ2n) is 9.46. The number of aromatic nitrogens is 1. The first-order valence-electron chi connectivity index (χ1n) is 9.89. The number of Topliss-reactive ketones (excluding diaryl/α,β-unsaturated/α-hetero) is 1. The van der Waals surface area contributed by atoms with Gasteiger partial charge in [-0.05, 0) is 67.5 Å². The first-order chi connectivity index (χ1) is 14.4. The van der Waals surface area contributed by atoms with Crippen molar-refractivity contribution >= 4 is 29.8 Å². The van der Waals surface area contributed by atoms with Crippen molar-refractivity contribution in [3.63, 3.8) is 0 Å². The fourth-order valence-electron chi connectivity index (χ4n) is 2.41. The van der Waals surface area contributed by atoms with Gasteiger partial charge in [0.1, 0.15) is 22.3 Å². The summed E-state index contributed by atoms with van der Waals surface area (Å²) < 4.78 is 20.6. The number of rotatable bonds is 5. The van der Waals surface area contributed by atoms with Crippen LogP contribution in [0, 0.1) is 5.41 Å². The van der Waals surface area contributed by atoms with Crippen LogP contribution in [0.25, 0.3) is 0 Å². The molecule has 0 aliphatic rings. The van der Waals surface area contributed by atoms with Crippen molar-refractivity contribution in [1.82, 2.24) is 4.98 Å². The predicted molar refractivity (Wildman–Crippen MR) is 116 cm³/mol. The fourth-order valence-corrected chi connectivity index (χ4v) is 2.41. The molecule has 10 heteroatoms. The molecule has 1 heterocycles. The van der Waals surface area contributed by atoms with Crippen LogP contribution >= 0.6 is 0 Å². The average molecular weight is 453 g/mol. The van der Waals surface area contributed by atoms with Gasteiger partial charge in [-0.3, -0.25) is 9.59 Å². The topological polar surface area (TPSA) is 121 Å². The number of anilines is 1. The predicted octanol–water partition coefficient (Wildman–Crippen LogP) is 4.15. The van der Waals surface area contributed by atoms with Crippen LogP contribution in [0.15, 0.2) is 12.1 Å². The lowest BCUT2D eigenvalue weighted by molar-refractivity contribution is -0.147. The molecule has 0 fully saturated rings. The molecular formula is C22H32N2O8. The monoisotopic (exact) mass is 452 g/mol. The minimum atomic E-state index is -1.56. The second-order valence-corrected chi connectivity index (χ2v) is 9.46. The Hall–Kier alpha value is -3.17. The van der Waals surface area contributed by atoms with E-state index in [1.54, 1.807) is 41.5 Å². The van der Waals surface area contributed by atoms with Gasteiger partial charge in [-0.2, -0.15) is 4.90 Å². The van der Waals surface area contributed by atoms with E-state index in [1.165, 1.54) is 33.1 Å². The molecule has 1 aromatic rings. The number of hydrogen-bond donors (Lipinski definition) is 0. The molecular weight excluding hydrogens is 420 g/mol. The van der Waals surface area contributed by atoms with Gasteiger partial charge in [-0.15, -0.1) is 0 Å². The highest BCUT2D eigenvalue weighted by Gasteiger charge is 2.40. The van der Waals surface area contributed by atoms with Crippen molar-refractivity contribution in [1.29, 1.82) is 0 Å². The van der Waals surface area contributed by atoms with Crippen LogP contribution in [0.3, 0.4) is 0 Å². The molecule has 0 bridgehead atoms. The zero-order chi connectivity index (χ0) is 25.1. The number of ketones is 1. The van der Waals surface area contributed by atoms with Gasteiger partial charge in [0, 0.05) is 0 Å². The third-order valence-electron chi connectivity index (χ3n) is 3.92. The Morgan fingerprint density at radius 2 is 1.28 bits per heavy atom. The molecule has 0 saturated carbocycles. The minimum absolute atomic E-state index is 0.00847. The number of esters is 1. The van der Waals surface area contributed by atoms with Gasteiger partial charge in [-0.1, -0.05) is 0 Å². The Morgan fingerprint density at radius 3 is 1.66 bits per heavy atom. The standard InChI is InChI=1S/C22H32N2O8/c1-20(2,3)31-18(27)24(19(28)32-21(4,5)6)16-14(29-9)12-11-13(23-16)15(25)22(7,8)17(26)30-10/h11-12H,1-10H3. The summed E-state index contributed by atoms with van der Waals surface area (Å²) in [5.41, 5.74) is -3.63. The molecule has 0 radical (unpaired) electrons. The van der Waals surface area contributed by atoms with Gasteiger partial charge in [0.15, 0.2) is 17.4 Å². The van der Waals surface area contributed by atoms with E-state index in [-0.39, 0.29) is 17.3 Å². The van der Waals surface area contributed by atoms with Gasteiger partial charge in [-0.25, -0.2) is 14.6 Å². The maximum Gasteiger partial charge on any atom is 0.425 e. The van der Waals surface area contributed by atoms with Crippen LogP contribution in [0.1, 0.15) is 65.9 Å². The first-order valence-corrected chi connectivity index (χ1v) is 9.89. The summed E-state index contributed by atoms with van der Waals surface area (Å²) >= 11 is 0. The highest BCUT2D eigenvalue weighted by Crippen LogP contribution is 2.31. The molecule has 178 valence electrons. The van der Waals surface area contributed by atoms with Crippen molar-refractivity contribution in [2.75, 3.05) is 19.1 Å². The third kappa shape index (κ3) is 6.66. The molecule has 0 unspecified atom stereocenters. The first kappa shape index (κ1) is 26.9. The maximum absolute atomic E-state index is 13.0. The number of imide groups is 1. The Morgan fingerprint density at radius 1 is 0.812 bits per heavy atom. The summed E-state index contributed by atoms with van der Waals surface area (Å²) in [6.07, 6.45) is -2.15. The van der Waals surface area contributed by atoms with Gasteiger partial charge in [0.2, 0.25) is 0 Å². The molecule has 32 heavy (non-hydrogen) atoms.